The van der Waals surface area contributed by atoms with Crippen molar-refractivity contribution in [2.75, 3.05) is 5.01 Å². The average Bonchev–Trinajstić information content (AvgIpc) is 2.65. The number of carbonyl (C=O) groups excluding carboxylic acids is 1. The number of ether oxygens (including phenoxy) is 1. The van der Waals surface area contributed by atoms with Crippen molar-refractivity contribution in [1.29, 1.82) is 0 Å². The van der Waals surface area contributed by atoms with Gasteiger partial charge in [0.25, 0.3) is 5.56 Å². The van der Waals surface area contributed by atoms with E-state index < -0.39 is 17.7 Å². The Balaban J connectivity index is 1.98. The summed E-state index contributed by atoms with van der Waals surface area (Å²) >= 11 is 12.5. The maximum Gasteiger partial charge on any atom is 0.358 e. The number of benzene rings is 1. The summed E-state index contributed by atoms with van der Waals surface area (Å²) in [6.45, 7) is 7.02. The molecule has 2 aromatic rings. The Labute approximate surface area is 180 Å². The summed E-state index contributed by atoms with van der Waals surface area (Å²) in [6.07, 6.45) is 0. The lowest BCUT2D eigenvalue weighted by molar-refractivity contribution is -0.129. The third-order valence-corrected chi connectivity index (χ3v) is 4.42. The number of nitrogens with one attached hydrogen (secondary N) is 1. The molecule has 2 amide bonds. The van der Waals surface area contributed by atoms with E-state index in [1.165, 1.54) is 28.9 Å². The van der Waals surface area contributed by atoms with Gasteiger partial charge in [-0.25, -0.2) is 14.3 Å². The van der Waals surface area contributed by atoms with E-state index in [0.717, 1.165) is 5.01 Å². The van der Waals surface area contributed by atoms with Crippen molar-refractivity contribution >= 4 is 46.6 Å². The number of carbonyl (C=O) groups is 2. The molecular weight excluding hydrogens is 437 g/mol. The SMILES string of the molecule is C=C1NC(=O)N(c2cc(Cl)c(Oc3ccc(=O)n(C(C)C)n3)c(Cl)c2)N=C1C(=O)O. The van der Waals surface area contributed by atoms with Gasteiger partial charge in [-0.05, 0) is 26.0 Å². The number of carboxylic acid groups (broad SMARTS) is 1. The van der Waals surface area contributed by atoms with Crippen LogP contribution in [0, 0.1) is 0 Å². The summed E-state index contributed by atoms with van der Waals surface area (Å²) in [6, 6.07) is 4.37. The average molecular weight is 452 g/mol. The van der Waals surface area contributed by atoms with E-state index in [-0.39, 0.29) is 44.7 Å². The molecule has 10 nitrogen and oxygen atoms in total. The normalized spacial score (nSPS) is 13.9. The van der Waals surface area contributed by atoms with Crippen LogP contribution in [0.15, 0.2) is 46.4 Å². The van der Waals surface area contributed by atoms with E-state index in [1.54, 1.807) is 13.8 Å². The Morgan fingerprint density at radius 2 is 1.87 bits per heavy atom. The summed E-state index contributed by atoms with van der Waals surface area (Å²) in [5.41, 5.74) is -0.787. The first kappa shape index (κ1) is 21.3. The van der Waals surface area contributed by atoms with Crippen molar-refractivity contribution in [2.45, 2.75) is 19.9 Å². The van der Waals surface area contributed by atoms with Gasteiger partial charge in [-0.1, -0.05) is 29.8 Å². The van der Waals surface area contributed by atoms with Crippen molar-refractivity contribution in [1.82, 2.24) is 15.1 Å². The maximum absolute atomic E-state index is 12.2. The van der Waals surface area contributed by atoms with Crippen molar-refractivity contribution < 1.29 is 19.4 Å². The van der Waals surface area contributed by atoms with Crippen LogP contribution in [0.5, 0.6) is 11.6 Å². The maximum atomic E-state index is 12.2. The second-order valence-corrected chi connectivity index (χ2v) is 7.18. The molecule has 0 saturated heterocycles. The number of nitrogens with zero attached hydrogens (tertiary/aromatic N) is 4. The summed E-state index contributed by atoms with van der Waals surface area (Å²) < 4.78 is 6.87. The lowest BCUT2D eigenvalue weighted by Gasteiger charge is -2.24. The molecule has 1 aliphatic heterocycles. The molecule has 1 aromatic carbocycles. The van der Waals surface area contributed by atoms with Crippen molar-refractivity contribution in [3.05, 3.63) is 56.9 Å². The lowest BCUT2D eigenvalue weighted by Crippen LogP contribution is -2.45. The van der Waals surface area contributed by atoms with Crippen LogP contribution >= 0.6 is 23.2 Å². The molecule has 2 N–H and O–H groups in total. The quantitative estimate of drug-likeness (QED) is 0.716. The van der Waals surface area contributed by atoms with Gasteiger partial charge in [0.15, 0.2) is 11.5 Å². The Morgan fingerprint density at radius 1 is 1.23 bits per heavy atom. The van der Waals surface area contributed by atoms with E-state index in [0.29, 0.717) is 0 Å². The zero-order chi connectivity index (χ0) is 22.2. The minimum Gasteiger partial charge on any atom is -0.476 e. The Kier molecular flexibility index (Phi) is 5.81. The van der Waals surface area contributed by atoms with Crippen LogP contribution in [-0.4, -0.2) is 32.6 Å². The first-order chi connectivity index (χ1) is 14.1. The van der Waals surface area contributed by atoms with Crippen LogP contribution in [0.25, 0.3) is 0 Å². The molecule has 0 fully saturated rings. The number of aromatic nitrogens is 2. The van der Waals surface area contributed by atoms with Crippen LogP contribution in [-0.2, 0) is 4.79 Å². The Bertz CT molecular complexity index is 1130. The number of urea groups is 1. The number of rotatable bonds is 5. The molecule has 156 valence electrons. The molecule has 0 atom stereocenters. The third kappa shape index (κ3) is 4.14. The summed E-state index contributed by atoms with van der Waals surface area (Å²) in [5, 5.41) is 20.2. The van der Waals surface area contributed by atoms with Gasteiger partial charge in [-0.15, -0.1) is 5.10 Å². The van der Waals surface area contributed by atoms with Crippen molar-refractivity contribution in [2.24, 2.45) is 5.10 Å². The van der Waals surface area contributed by atoms with Crippen LogP contribution in [0.2, 0.25) is 10.0 Å². The summed E-state index contributed by atoms with van der Waals surface area (Å²) in [7, 11) is 0. The second-order valence-electron chi connectivity index (χ2n) is 6.36. The molecule has 0 aliphatic carbocycles. The van der Waals surface area contributed by atoms with Crippen molar-refractivity contribution in [3.8, 4) is 11.6 Å². The second kappa shape index (κ2) is 8.17. The van der Waals surface area contributed by atoms with Gasteiger partial charge >= 0.3 is 12.0 Å². The number of hydrogen-bond donors (Lipinski definition) is 2. The topological polar surface area (TPSA) is 126 Å². The van der Waals surface area contributed by atoms with Crippen LogP contribution in [0.3, 0.4) is 0 Å². The molecule has 2 heterocycles. The van der Waals surface area contributed by atoms with Crippen molar-refractivity contribution in [3.63, 3.8) is 0 Å². The van der Waals surface area contributed by atoms with Gasteiger partial charge in [0, 0.05) is 12.1 Å². The molecule has 0 radical (unpaired) electrons. The van der Waals surface area contributed by atoms with Crippen LogP contribution in [0.1, 0.15) is 19.9 Å². The number of hydrogen-bond acceptors (Lipinski definition) is 6. The molecule has 0 saturated carbocycles. The molecule has 12 heteroatoms. The van der Waals surface area contributed by atoms with E-state index in [1.807, 2.05) is 0 Å². The highest BCUT2D eigenvalue weighted by Gasteiger charge is 2.29. The summed E-state index contributed by atoms with van der Waals surface area (Å²) in [5.74, 6) is -1.25. The fourth-order valence-electron chi connectivity index (χ4n) is 2.50. The number of amides is 2. The molecular formula is C18H15Cl2N5O5. The largest absolute Gasteiger partial charge is 0.476 e. The van der Waals surface area contributed by atoms with Gasteiger partial charge < -0.3 is 15.2 Å². The number of halogens is 2. The predicted molar refractivity (Wildman–Crippen MR) is 111 cm³/mol. The molecule has 0 spiro atoms. The predicted octanol–water partition coefficient (Wildman–Crippen LogP) is 3.41. The fraction of sp³-hybridized carbons (Fsp3) is 0.167. The van der Waals surface area contributed by atoms with Gasteiger partial charge in [0.1, 0.15) is 0 Å². The van der Waals surface area contributed by atoms with Gasteiger partial charge in [0.2, 0.25) is 5.88 Å². The molecule has 0 bridgehead atoms. The Hall–Kier alpha value is -3.37. The first-order valence-electron chi connectivity index (χ1n) is 8.47. The van der Waals surface area contributed by atoms with Crippen LogP contribution < -0.4 is 20.6 Å². The minimum atomic E-state index is -1.37. The van der Waals surface area contributed by atoms with Gasteiger partial charge in [-0.2, -0.15) is 10.1 Å². The highest BCUT2D eigenvalue weighted by molar-refractivity contribution is 6.44. The van der Waals surface area contributed by atoms with Gasteiger partial charge in [-0.3, -0.25) is 4.79 Å². The number of hydrazone groups is 1. The van der Waals surface area contributed by atoms with E-state index in [4.69, 9.17) is 27.9 Å². The molecule has 30 heavy (non-hydrogen) atoms. The zero-order valence-corrected chi connectivity index (χ0v) is 17.2. The molecule has 1 aromatic heterocycles. The molecule has 3 rings (SSSR count). The highest BCUT2D eigenvalue weighted by Crippen LogP contribution is 2.39. The van der Waals surface area contributed by atoms with E-state index >= 15 is 0 Å². The Morgan fingerprint density at radius 3 is 2.43 bits per heavy atom. The minimum absolute atomic E-state index is 0.00544. The monoisotopic (exact) mass is 451 g/mol. The molecule has 1 aliphatic rings. The van der Waals surface area contributed by atoms with E-state index in [9.17, 15) is 19.5 Å². The van der Waals surface area contributed by atoms with Crippen LogP contribution in [0.4, 0.5) is 10.5 Å². The standard InChI is InChI=1S/C18H15Cl2N5O5/c1-8(2)24-14(26)5-4-13(22-24)30-16-11(19)6-10(7-12(16)20)25-18(29)21-9(3)15(23-25)17(27)28/h4-8H,3H2,1-2H3,(H,21,29)(H,27,28). The molecule has 0 unspecified atom stereocenters. The van der Waals surface area contributed by atoms with E-state index in [2.05, 4.69) is 22.1 Å². The number of anilines is 1. The van der Waals surface area contributed by atoms with Gasteiger partial charge in [0.05, 0.1) is 27.5 Å². The number of carboxylic acids is 1. The highest BCUT2D eigenvalue weighted by atomic mass is 35.5. The number of aliphatic carboxylic acids is 1. The third-order valence-electron chi connectivity index (χ3n) is 3.86. The fourth-order valence-corrected chi connectivity index (χ4v) is 3.05. The first-order valence-corrected chi connectivity index (χ1v) is 9.23. The summed E-state index contributed by atoms with van der Waals surface area (Å²) in [4.78, 5) is 35.3. The lowest BCUT2D eigenvalue weighted by atomic mass is 10.2. The smallest absolute Gasteiger partial charge is 0.358 e. The zero-order valence-electron chi connectivity index (χ0n) is 15.7.